The zero-order valence-electron chi connectivity index (χ0n) is 12.6. The van der Waals surface area contributed by atoms with Crippen molar-refractivity contribution in [2.24, 2.45) is 18.9 Å². The van der Waals surface area contributed by atoms with Gasteiger partial charge in [-0.25, -0.2) is 0 Å². The Bertz CT molecular complexity index is 645. The maximum Gasteiger partial charge on any atom is 0.168 e. The van der Waals surface area contributed by atoms with E-state index in [0.29, 0.717) is 5.78 Å². The quantitative estimate of drug-likeness (QED) is 0.736. The van der Waals surface area contributed by atoms with Gasteiger partial charge in [0.2, 0.25) is 0 Å². The second-order valence-corrected chi connectivity index (χ2v) is 6.50. The van der Waals surface area contributed by atoms with Gasteiger partial charge in [-0.2, -0.15) is 0 Å². The van der Waals surface area contributed by atoms with Gasteiger partial charge in [0.05, 0.1) is 0 Å². The second-order valence-electron chi connectivity index (χ2n) is 6.50. The summed E-state index contributed by atoms with van der Waals surface area (Å²) in [7, 11) is 2.03. The zero-order chi connectivity index (χ0) is 14.3. The highest BCUT2D eigenvalue weighted by atomic mass is 16.1. The second kappa shape index (κ2) is 5.08. The number of ketones is 1. The summed E-state index contributed by atoms with van der Waals surface area (Å²) in [5.41, 5.74) is 3.32. The Morgan fingerprint density at radius 1 is 1.20 bits per heavy atom. The van der Waals surface area contributed by atoms with Gasteiger partial charge in [-0.3, -0.25) is 4.79 Å². The van der Waals surface area contributed by atoms with E-state index in [1.165, 1.54) is 18.4 Å². The van der Waals surface area contributed by atoms with Gasteiger partial charge < -0.3 is 4.57 Å². The van der Waals surface area contributed by atoms with Crippen molar-refractivity contribution in [2.45, 2.75) is 39.5 Å². The van der Waals surface area contributed by atoms with Crippen molar-refractivity contribution >= 4 is 16.7 Å². The van der Waals surface area contributed by atoms with E-state index in [9.17, 15) is 4.79 Å². The largest absolute Gasteiger partial charge is 0.350 e. The fraction of sp³-hybridized carbons (Fsp3) is 0.500. The molecule has 1 fully saturated rings. The van der Waals surface area contributed by atoms with Crippen LogP contribution < -0.4 is 0 Å². The first-order valence-electron chi connectivity index (χ1n) is 7.66. The molecule has 1 heterocycles. The third-order valence-electron chi connectivity index (χ3n) is 4.80. The molecular weight excluding hydrogens is 246 g/mol. The van der Waals surface area contributed by atoms with Gasteiger partial charge in [0.25, 0.3) is 0 Å². The van der Waals surface area contributed by atoms with E-state index in [4.69, 9.17) is 0 Å². The number of fused-ring (bicyclic) bond motifs is 1. The van der Waals surface area contributed by atoms with Crippen molar-refractivity contribution in [3.8, 4) is 0 Å². The maximum atomic E-state index is 12.8. The summed E-state index contributed by atoms with van der Waals surface area (Å²) in [5.74, 6) is 1.37. The van der Waals surface area contributed by atoms with Gasteiger partial charge in [-0.1, -0.05) is 31.9 Å². The van der Waals surface area contributed by atoms with Gasteiger partial charge in [0, 0.05) is 35.6 Å². The molecule has 0 N–H and O–H groups in total. The summed E-state index contributed by atoms with van der Waals surface area (Å²) in [4.78, 5) is 12.8. The standard InChI is InChI=1S/C18H23NO/c1-12-4-7-14(8-5-12)18(20)16-11-19(3)17-10-13(2)6-9-15(16)17/h6,9-12,14H,4-5,7-8H2,1-3H3. The highest BCUT2D eigenvalue weighted by molar-refractivity contribution is 6.09. The fourth-order valence-electron chi connectivity index (χ4n) is 3.43. The Labute approximate surface area is 120 Å². The van der Waals surface area contributed by atoms with Crippen LogP contribution >= 0.6 is 0 Å². The molecule has 0 bridgehead atoms. The lowest BCUT2D eigenvalue weighted by Crippen LogP contribution is -2.20. The fourth-order valence-corrected chi connectivity index (χ4v) is 3.43. The molecule has 0 amide bonds. The summed E-state index contributed by atoms with van der Waals surface area (Å²) in [6, 6.07) is 6.36. The predicted octanol–water partition coefficient (Wildman–Crippen LogP) is 4.50. The third kappa shape index (κ3) is 2.28. The van der Waals surface area contributed by atoms with E-state index in [-0.39, 0.29) is 5.92 Å². The number of rotatable bonds is 2. The minimum absolute atomic E-state index is 0.234. The number of aryl methyl sites for hydroxylation is 2. The summed E-state index contributed by atoms with van der Waals surface area (Å²) in [5, 5.41) is 1.11. The molecule has 2 nitrogen and oxygen atoms in total. The first-order chi connectivity index (χ1) is 9.56. The van der Waals surface area contributed by atoms with Crippen LogP contribution in [0.3, 0.4) is 0 Å². The number of carbonyl (C=O) groups excluding carboxylic acids is 1. The van der Waals surface area contributed by atoms with E-state index < -0.39 is 0 Å². The number of hydrogen-bond acceptors (Lipinski definition) is 1. The summed E-state index contributed by atoms with van der Waals surface area (Å²) < 4.78 is 2.08. The Morgan fingerprint density at radius 3 is 2.60 bits per heavy atom. The van der Waals surface area contributed by atoms with Crippen LogP contribution in [0.2, 0.25) is 0 Å². The molecule has 3 rings (SSSR count). The van der Waals surface area contributed by atoms with Crippen molar-refractivity contribution in [3.63, 3.8) is 0 Å². The molecule has 0 unspecified atom stereocenters. The number of aromatic nitrogens is 1. The van der Waals surface area contributed by atoms with E-state index in [1.54, 1.807) is 0 Å². The minimum Gasteiger partial charge on any atom is -0.350 e. The summed E-state index contributed by atoms with van der Waals surface area (Å²) in [6.07, 6.45) is 6.52. The zero-order valence-corrected chi connectivity index (χ0v) is 12.6. The maximum absolute atomic E-state index is 12.8. The minimum atomic E-state index is 0.234. The molecule has 0 atom stereocenters. The molecule has 1 saturated carbocycles. The van der Waals surface area contributed by atoms with E-state index in [2.05, 4.69) is 36.6 Å². The lowest BCUT2D eigenvalue weighted by molar-refractivity contribution is 0.0877. The van der Waals surface area contributed by atoms with Crippen molar-refractivity contribution in [2.75, 3.05) is 0 Å². The lowest BCUT2D eigenvalue weighted by Gasteiger charge is -2.24. The van der Waals surface area contributed by atoms with Gasteiger partial charge in [-0.15, -0.1) is 0 Å². The van der Waals surface area contributed by atoms with Gasteiger partial charge >= 0.3 is 0 Å². The third-order valence-corrected chi connectivity index (χ3v) is 4.80. The average Bonchev–Trinajstić information content (AvgIpc) is 2.76. The Morgan fingerprint density at radius 2 is 1.90 bits per heavy atom. The molecule has 0 radical (unpaired) electrons. The highest BCUT2D eigenvalue weighted by Gasteiger charge is 2.27. The van der Waals surface area contributed by atoms with Gasteiger partial charge in [0.15, 0.2) is 5.78 Å². The Balaban J connectivity index is 1.96. The number of benzene rings is 1. The van der Waals surface area contributed by atoms with Crippen LogP contribution in [0.5, 0.6) is 0 Å². The molecule has 20 heavy (non-hydrogen) atoms. The van der Waals surface area contributed by atoms with E-state index in [1.807, 2.05) is 13.2 Å². The van der Waals surface area contributed by atoms with Crippen LogP contribution in [0, 0.1) is 18.8 Å². The number of carbonyl (C=O) groups is 1. The summed E-state index contributed by atoms with van der Waals surface area (Å²) >= 11 is 0. The highest BCUT2D eigenvalue weighted by Crippen LogP contribution is 2.33. The molecule has 106 valence electrons. The van der Waals surface area contributed by atoms with Crippen LogP contribution in [0.15, 0.2) is 24.4 Å². The molecule has 2 heteroatoms. The Kier molecular flexibility index (Phi) is 3.41. The molecule has 0 aliphatic heterocycles. The van der Waals surface area contributed by atoms with Crippen LogP contribution in [0.1, 0.15) is 48.5 Å². The normalized spacial score (nSPS) is 23.1. The smallest absolute Gasteiger partial charge is 0.168 e. The molecule has 1 aromatic carbocycles. The van der Waals surface area contributed by atoms with E-state index >= 15 is 0 Å². The first kappa shape index (κ1) is 13.4. The lowest BCUT2D eigenvalue weighted by atomic mass is 9.79. The van der Waals surface area contributed by atoms with Crippen molar-refractivity contribution in [1.82, 2.24) is 4.57 Å². The Hall–Kier alpha value is -1.57. The molecule has 1 aromatic heterocycles. The molecule has 2 aromatic rings. The molecule has 1 aliphatic carbocycles. The van der Waals surface area contributed by atoms with Crippen molar-refractivity contribution in [3.05, 3.63) is 35.5 Å². The number of nitrogens with zero attached hydrogens (tertiary/aromatic N) is 1. The molecule has 0 saturated heterocycles. The van der Waals surface area contributed by atoms with Gasteiger partial charge in [-0.05, 0) is 37.3 Å². The average molecular weight is 269 g/mol. The SMILES string of the molecule is Cc1ccc2c(C(=O)C3CCC(C)CC3)cn(C)c2c1. The number of Topliss-reactive ketones (excluding diaryl/α,β-unsaturated/α-hetero) is 1. The topological polar surface area (TPSA) is 22.0 Å². The molecule has 0 spiro atoms. The molecule has 1 aliphatic rings. The monoisotopic (exact) mass is 269 g/mol. The van der Waals surface area contributed by atoms with Crippen molar-refractivity contribution in [1.29, 1.82) is 0 Å². The summed E-state index contributed by atoms with van der Waals surface area (Å²) in [6.45, 7) is 4.39. The van der Waals surface area contributed by atoms with Crippen LogP contribution in [0.25, 0.3) is 10.9 Å². The first-order valence-corrected chi connectivity index (χ1v) is 7.66. The van der Waals surface area contributed by atoms with Crippen LogP contribution in [-0.2, 0) is 7.05 Å². The number of hydrogen-bond donors (Lipinski definition) is 0. The van der Waals surface area contributed by atoms with E-state index in [0.717, 1.165) is 35.2 Å². The van der Waals surface area contributed by atoms with Crippen LogP contribution in [0.4, 0.5) is 0 Å². The van der Waals surface area contributed by atoms with Crippen molar-refractivity contribution < 1.29 is 4.79 Å². The van der Waals surface area contributed by atoms with Gasteiger partial charge in [0.1, 0.15) is 0 Å². The molecular formula is C18H23NO. The van der Waals surface area contributed by atoms with Crippen LogP contribution in [-0.4, -0.2) is 10.4 Å². The predicted molar refractivity (Wildman–Crippen MR) is 83.1 cm³/mol.